The van der Waals surface area contributed by atoms with Gasteiger partial charge in [0, 0.05) is 19.0 Å². The third-order valence-electron chi connectivity index (χ3n) is 4.75. The van der Waals surface area contributed by atoms with Gasteiger partial charge in [-0.2, -0.15) is 0 Å². The molecule has 2 aromatic carbocycles. The maximum Gasteiger partial charge on any atom is 0.325 e. The van der Waals surface area contributed by atoms with Crippen molar-refractivity contribution in [1.82, 2.24) is 15.5 Å². The van der Waals surface area contributed by atoms with Gasteiger partial charge in [-0.1, -0.05) is 54.6 Å². The Kier molecular flexibility index (Phi) is 5.26. The molecule has 1 aliphatic rings. The molecule has 1 fully saturated rings. The van der Waals surface area contributed by atoms with Crippen LogP contribution < -0.4 is 10.6 Å². The summed E-state index contributed by atoms with van der Waals surface area (Å²) in [6.45, 7) is 3.09. The largest absolute Gasteiger partial charge is 0.352 e. The zero-order valence-electron chi connectivity index (χ0n) is 15.7. The predicted molar refractivity (Wildman–Crippen MR) is 102 cm³/mol. The fourth-order valence-electron chi connectivity index (χ4n) is 3.08. The van der Waals surface area contributed by atoms with Crippen LogP contribution in [0.2, 0.25) is 0 Å². The molecule has 0 aromatic heterocycles. The van der Waals surface area contributed by atoms with Crippen LogP contribution in [0, 0.1) is 0 Å². The van der Waals surface area contributed by atoms with Gasteiger partial charge in [0.05, 0.1) is 6.54 Å². The highest BCUT2D eigenvalue weighted by molar-refractivity contribution is 6.11. The number of urea groups is 1. The second-order valence-electron chi connectivity index (χ2n) is 6.84. The van der Waals surface area contributed by atoms with Crippen molar-refractivity contribution in [3.8, 4) is 0 Å². The second kappa shape index (κ2) is 7.64. The Balaban J connectivity index is 1.71. The number of ketones is 1. The van der Waals surface area contributed by atoms with E-state index < -0.39 is 17.5 Å². The molecule has 3 rings (SSSR count). The molecule has 2 N–H and O–H groups in total. The van der Waals surface area contributed by atoms with Crippen LogP contribution in [0.3, 0.4) is 0 Å². The van der Waals surface area contributed by atoms with E-state index in [4.69, 9.17) is 0 Å². The summed E-state index contributed by atoms with van der Waals surface area (Å²) >= 11 is 0. The zero-order valence-corrected chi connectivity index (χ0v) is 15.7. The Labute approximate surface area is 162 Å². The van der Waals surface area contributed by atoms with Gasteiger partial charge in [0.25, 0.3) is 5.91 Å². The smallest absolute Gasteiger partial charge is 0.325 e. The Morgan fingerprint density at radius 2 is 1.68 bits per heavy atom. The Morgan fingerprint density at radius 1 is 1.04 bits per heavy atom. The molecule has 144 valence electrons. The van der Waals surface area contributed by atoms with E-state index in [2.05, 4.69) is 10.6 Å². The van der Waals surface area contributed by atoms with Gasteiger partial charge < -0.3 is 10.6 Å². The zero-order chi connectivity index (χ0) is 20.3. The minimum absolute atomic E-state index is 0.139. The van der Waals surface area contributed by atoms with Crippen LogP contribution in [-0.2, 0) is 21.7 Å². The van der Waals surface area contributed by atoms with Crippen LogP contribution in [0.15, 0.2) is 54.6 Å². The molecule has 0 saturated carbocycles. The van der Waals surface area contributed by atoms with Gasteiger partial charge in [-0.25, -0.2) is 4.79 Å². The van der Waals surface area contributed by atoms with Crippen LogP contribution in [-0.4, -0.2) is 35.1 Å². The number of nitrogens with zero attached hydrogens (tertiary/aromatic N) is 1. The van der Waals surface area contributed by atoms with Crippen molar-refractivity contribution in [3.05, 3.63) is 71.3 Å². The molecule has 7 heteroatoms. The SMILES string of the molecule is CC(=O)NCc1ccc(C(=O)CN2C(=O)NC(C)(c3ccccc3)C2=O)cc1. The minimum Gasteiger partial charge on any atom is -0.352 e. The molecular weight excluding hydrogens is 358 g/mol. The molecule has 1 unspecified atom stereocenters. The number of carbonyl (C=O) groups excluding carboxylic acids is 4. The van der Waals surface area contributed by atoms with Crippen LogP contribution in [0.5, 0.6) is 0 Å². The average molecular weight is 379 g/mol. The van der Waals surface area contributed by atoms with Gasteiger partial charge >= 0.3 is 6.03 Å². The van der Waals surface area contributed by atoms with E-state index in [1.165, 1.54) is 6.92 Å². The van der Waals surface area contributed by atoms with Crippen molar-refractivity contribution in [1.29, 1.82) is 0 Å². The van der Waals surface area contributed by atoms with E-state index in [1.807, 2.05) is 6.07 Å². The number of Topliss-reactive ketones (excluding diaryl/α,β-unsaturated/α-hetero) is 1. The maximum atomic E-state index is 12.9. The number of imide groups is 1. The van der Waals surface area contributed by atoms with E-state index in [0.29, 0.717) is 17.7 Å². The number of amides is 4. The number of benzene rings is 2. The van der Waals surface area contributed by atoms with E-state index in [9.17, 15) is 19.2 Å². The fraction of sp³-hybridized carbons (Fsp3) is 0.238. The van der Waals surface area contributed by atoms with Crippen molar-refractivity contribution in [2.24, 2.45) is 0 Å². The average Bonchev–Trinajstić information content (AvgIpc) is 2.91. The molecule has 2 aromatic rings. The lowest BCUT2D eigenvalue weighted by Gasteiger charge is -2.22. The number of nitrogens with one attached hydrogen (secondary N) is 2. The molecule has 0 aliphatic carbocycles. The molecule has 0 radical (unpaired) electrons. The topological polar surface area (TPSA) is 95.6 Å². The number of rotatable bonds is 6. The predicted octanol–water partition coefficient (Wildman–Crippen LogP) is 1.97. The first-order valence-electron chi connectivity index (χ1n) is 8.87. The van der Waals surface area contributed by atoms with Gasteiger partial charge in [-0.05, 0) is 18.1 Å². The molecule has 7 nitrogen and oxygen atoms in total. The summed E-state index contributed by atoms with van der Waals surface area (Å²) in [4.78, 5) is 49.7. The molecule has 4 amide bonds. The van der Waals surface area contributed by atoms with Crippen LogP contribution in [0.1, 0.15) is 35.3 Å². The molecule has 0 bridgehead atoms. The highest BCUT2D eigenvalue weighted by atomic mass is 16.2. The first-order valence-corrected chi connectivity index (χ1v) is 8.87. The highest BCUT2D eigenvalue weighted by Crippen LogP contribution is 2.28. The molecule has 1 heterocycles. The Hall–Kier alpha value is -3.48. The van der Waals surface area contributed by atoms with Gasteiger partial charge in [0.1, 0.15) is 5.54 Å². The second-order valence-corrected chi connectivity index (χ2v) is 6.84. The van der Waals surface area contributed by atoms with E-state index in [1.54, 1.807) is 55.5 Å². The van der Waals surface area contributed by atoms with Crippen molar-refractivity contribution >= 4 is 23.6 Å². The minimum atomic E-state index is -1.19. The lowest BCUT2D eigenvalue weighted by Crippen LogP contribution is -2.41. The van der Waals surface area contributed by atoms with Crippen molar-refractivity contribution in [2.75, 3.05) is 6.54 Å². The van der Waals surface area contributed by atoms with Crippen molar-refractivity contribution in [3.63, 3.8) is 0 Å². The van der Waals surface area contributed by atoms with Crippen molar-refractivity contribution in [2.45, 2.75) is 25.9 Å². The van der Waals surface area contributed by atoms with Crippen LogP contribution in [0.4, 0.5) is 4.79 Å². The monoisotopic (exact) mass is 379 g/mol. The summed E-state index contributed by atoms with van der Waals surface area (Å²) < 4.78 is 0. The Morgan fingerprint density at radius 3 is 2.29 bits per heavy atom. The molecule has 28 heavy (non-hydrogen) atoms. The fourth-order valence-corrected chi connectivity index (χ4v) is 3.08. The summed E-state index contributed by atoms with van der Waals surface area (Å²) in [5.41, 5.74) is 0.699. The summed E-state index contributed by atoms with van der Waals surface area (Å²) in [5.74, 6) is -0.939. The number of hydrogen-bond donors (Lipinski definition) is 2. The van der Waals surface area contributed by atoms with Crippen molar-refractivity contribution < 1.29 is 19.2 Å². The molecular formula is C21H21N3O4. The molecule has 1 saturated heterocycles. The third kappa shape index (κ3) is 3.78. The maximum absolute atomic E-state index is 12.9. The first-order chi connectivity index (χ1) is 13.3. The summed E-state index contributed by atoms with van der Waals surface area (Å²) in [5, 5.41) is 5.36. The van der Waals surface area contributed by atoms with E-state index >= 15 is 0 Å². The van der Waals surface area contributed by atoms with Gasteiger partial charge in [-0.3, -0.25) is 19.3 Å². The summed E-state index contributed by atoms with van der Waals surface area (Å²) in [6, 6.07) is 15.0. The van der Waals surface area contributed by atoms with Crippen LogP contribution >= 0.6 is 0 Å². The highest BCUT2D eigenvalue weighted by Gasteiger charge is 2.49. The van der Waals surface area contributed by atoms with Gasteiger partial charge in [0.15, 0.2) is 5.78 Å². The lowest BCUT2D eigenvalue weighted by molar-refractivity contribution is -0.130. The van der Waals surface area contributed by atoms with E-state index in [0.717, 1.165) is 10.5 Å². The van der Waals surface area contributed by atoms with E-state index in [-0.39, 0.29) is 18.2 Å². The number of hydrogen-bond acceptors (Lipinski definition) is 4. The Bertz CT molecular complexity index is 924. The third-order valence-corrected chi connectivity index (χ3v) is 4.75. The normalized spacial score (nSPS) is 18.7. The van der Waals surface area contributed by atoms with Gasteiger partial charge in [0.2, 0.25) is 5.91 Å². The number of carbonyl (C=O) groups is 4. The lowest BCUT2D eigenvalue weighted by atomic mass is 9.92. The summed E-state index contributed by atoms with van der Waals surface area (Å²) in [6.07, 6.45) is 0. The molecule has 0 spiro atoms. The first kappa shape index (κ1) is 19.3. The quantitative estimate of drug-likeness (QED) is 0.593. The van der Waals surface area contributed by atoms with Gasteiger partial charge in [-0.15, -0.1) is 0 Å². The van der Waals surface area contributed by atoms with Crippen LogP contribution in [0.25, 0.3) is 0 Å². The molecule has 1 aliphatic heterocycles. The standard InChI is InChI=1S/C21H21N3O4/c1-14(25)22-12-15-8-10-16(11-9-15)18(26)13-24-19(27)21(2,23-20(24)28)17-6-4-3-5-7-17/h3-11H,12-13H2,1-2H3,(H,22,25)(H,23,28). The summed E-state index contributed by atoms with van der Waals surface area (Å²) in [7, 11) is 0. The molecule has 1 atom stereocenters.